The van der Waals surface area contributed by atoms with Crippen molar-refractivity contribution in [3.63, 3.8) is 0 Å². The highest BCUT2D eigenvalue weighted by Gasteiger charge is 2.52. The average molecular weight is 444 g/mol. The van der Waals surface area contributed by atoms with Crippen molar-refractivity contribution in [1.82, 2.24) is 20.4 Å². The van der Waals surface area contributed by atoms with E-state index in [1.807, 2.05) is 0 Å². The molecule has 0 spiro atoms. The second kappa shape index (κ2) is 8.54. The predicted octanol–water partition coefficient (Wildman–Crippen LogP) is 2.95. The number of hydrogen-bond donors (Lipinski definition) is 3. The molecular formula is C23H30FN5O3. The van der Waals surface area contributed by atoms with Crippen LogP contribution in [0.25, 0.3) is 11.1 Å². The summed E-state index contributed by atoms with van der Waals surface area (Å²) < 4.78 is 20.2. The number of piperidine rings is 1. The molecule has 4 unspecified atom stereocenters. The number of rotatable bonds is 5. The largest absolute Gasteiger partial charge is 0.444 e. The van der Waals surface area contributed by atoms with Gasteiger partial charge in [-0.3, -0.25) is 14.8 Å². The fraction of sp³-hybridized carbons (Fsp3) is 0.522. The molecule has 1 aromatic carbocycles. The summed E-state index contributed by atoms with van der Waals surface area (Å²) in [6, 6.07) is 4.28. The molecule has 1 aliphatic heterocycles. The third-order valence-electron chi connectivity index (χ3n) is 6.11. The zero-order valence-corrected chi connectivity index (χ0v) is 18.6. The Hall–Kier alpha value is -2.94. The highest BCUT2D eigenvalue weighted by atomic mass is 19.1. The van der Waals surface area contributed by atoms with E-state index in [1.165, 1.54) is 6.07 Å². The molecule has 4 rings (SSSR count). The molecule has 2 aromatic rings. The number of nitrogens with zero attached hydrogens (tertiary/aromatic N) is 2. The molecule has 2 bridgehead atoms. The Morgan fingerprint density at radius 2 is 2.12 bits per heavy atom. The van der Waals surface area contributed by atoms with E-state index in [4.69, 9.17) is 10.5 Å². The number of nitrogens with one attached hydrogen (secondary N) is 2. The van der Waals surface area contributed by atoms with E-state index in [1.54, 1.807) is 50.2 Å². The van der Waals surface area contributed by atoms with Crippen LogP contribution in [0.5, 0.6) is 0 Å². The summed E-state index contributed by atoms with van der Waals surface area (Å²) in [6.45, 7) is 5.41. The van der Waals surface area contributed by atoms with Crippen LogP contribution in [0.15, 0.2) is 30.6 Å². The van der Waals surface area contributed by atoms with Crippen molar-refractivity contribution in [2.24, 2.45) is 11.7 Å². The maximum Gasteiger partial charge on any atom is 0.411 e. The maximum absolute atomic E-state index is 14.6. The van der Waals surface area contributed by atoms with Crippen LogP contribution >= 0.6 is 0 Å². The first-order valence-corrected chi connectivity index (χ1v) is 11.0. The Kier molecular flexibility index (Phi) is 5.94. The molecule has 1 aromatic heterocycles. The Balaban J connectivity index is 1.41. The number of aromatic amines is 1. The molecule has 1 saturated heterocycles. The van der Waals surface area contributed by atoms with Crippen molar-refractivity contribution < 1.29 is 18.7 Å². The Morgan fingerprint density at radius 1 is 1.34 bits per heavy atom. The highest BCUT2D eigenvalue weighted by Crippen LogP contribution is 2.43. The van der Waals surface area contributed by atoms with Crippen molar-refractivity contribution in [2.75, 3.05) is 0 Å². The summed E-state index contributed by atoms with van der Waals surface area (Å²) in [7, 11) is 0. The second-order valence-electron chi connectivity index (χ2n) is 9.67. The number of carbonyl (C=O) groups excluding carboxylic acids is 2. The van der Waals surface area contributed by atoms with Gasteiger partial charge in [0.1, 0.15) is 17.5 Å². The second-order valence-corrected chi connectivity index (χ2v) is 9.67. The number of H-pyrrole nitrogens is 1. The lowest BCUT2D eigenvalue weighted by atomic mass is 9.97. The topological polar surface area (TPSA) is 113 Å². The molecule has 2 fully saturated rings. The standard InChI is InChI=1S/C23H30FN5O3/c1-23(2,3)32-22(31)29-17-7-6-15(8-17)20(29)21(30)28-19(25)10-14-5-4-13(9-18(14)24)16-11-26-27-12-16/h4-5,9,11-12,15,17,19-20H,6-8,10,25H2,1-3H3,(H,26,27)(H,28,30). The normalized spacial score (nSPS) is 23.3. The lowest BCUT2D eigenvalue weighted by Gasteiger charge is -2.36. The van der Waals surface area contributed by atoms with Gasteiger partial charge in [0.2, 0.25) is 5.91 Å². The summed E-state index contributed by atoms with van der Waals surface area (Å²) in [6.07, 6.45) is 4.73. The molecule has 2 heterocycles. The SMILES string of the molecule is CC(C)(C)OC(=O)N1C2CCC(C2)C1C(=O)NC(N)Cc1ccc(-c2cn[nH]c2)cc1F. The van der Waals surface area contributed by atoms with E-state index < -0.39 is 29.7 Å². The number of aromatic nitrogens is 2. The van der Waals surface area contributed by atoms with E-state index >= 15 is 0 Å². The van der Waals surface area contributed by atoms with Gasteiger partial charge in [-0.25, -0.2) is 9.18 Å². The average Bonchev–Trinajstić information content (AvgIpc) is 3.45. The number of nitrogens with two attached hydrogens (primary N) is 1. The quantitative estimate of drug-likeness (QED) is 0.615. The molecule has 4 atom stereocenters. The number of halogens is 1. The molecule has 172 valence electrons. The molecule has 32 heavy (non-hydrogen) atoms. The minimum Gasteiger partial charge on any atom is -0.444 e. The molecular weight excluding hydrogens is 413 g/mol. The molecule has 0 radical (unpaired) electrons. The summed E-state index contributed by atoms with van der Waals surface area (Å²) in [5.74, 6) is -0.625. The van der Waals surface area contributed by atoms with E-state index in [0.717, 1.165) is 24.8 Å². The van der Waals surface area contributed by atoms with Gasteiger partial charge in [-0.15, -0.1) is 0 Å². The number of likely N-dealkylation sites (tertiary alicyclic amines) is 1. The number of hydrogen-bond acceptors (Lipinski definition) is 5. The van der Waals surface area contributed by atoms with Crippen molar-refractivity contribution in [1.29, 1.82) is 0 Å². The zero-order valence-electron chi connectivity index (χ0n) is 18.6. The van der Waals surface area contributed by atoms with Gasteiger partial charge in [-0.2, -0.15) is 5.10 Å². The number of benzene rings is 1. The van der Waals surface area contributed by atoms with E-state index in [2.05, 4.69) is 15.5 Å². The Bertz CT molecular complexity index is 988. The van der Waals surface area contributed by atoms with Crippen LogP contribution < -0.4 is 11.1 Å². The molecule has 9 heteroatoms. The van der Waals surface area contributed by atoms with Crippen molar-refractivity contribution >= 4 is 12.0 Å². The molecule has 1 saturated carbocycles. The van der Waals surface area contributed by atoms with Crippen LogP contribution in [0.1, 0.15) is 45.6 Å². The maximum atomic E-state index is 14.6. The summed E-state index contributed by atoms with van der Waals surface area (Å²) >= 11 is 0. The van der Waals surface area contributed by atoms with Gasteiger partial charge in [0.25, 0.3) is 0 Å². The van der Waals surface area contributed by atoms with Crippen LogP contribution in [0, 0.1) is 11.7 Å². The predicted molar refractivity (Wildman–Crippen MR) is 117 cm³/mol. The van der Waals surface area contributed by atoms with E-state index in [9.17, 15) is 14.0 Å². The third-order valence-corrected chi connectivity index (χ3v) is 6.11. The van der Waals surface area contributed by atoms with Crippen molar-refractivity contribution in [3.05, 3.63) is 42.0 Å². The number of ether oxygens (including phenoxy) is 1. The first-order chi connectivity index (χ1) is 15.1. The van der Waals surface area contributed by atoms with Gasteiger partial charge in [0.05, 0.1) is 12.4 Å². The Morgan fingerprint density at radius 3 is 2.78 bits per heavy atom. The van der Waals surface area contributed by atoms with Crippen LogP contribution in [-0.2, 0) is 16.0 Å². The monoisotopic (exact) mass is 443 g/mol. The summed E-state index contributed by atoms with van der Waals surface area (Å²) in [5.41, 5.74) is 7.40. The van der Waals surface area contributed by atoms with Gasteiger partial charge < -0.3 is 15.8 Å². The van der Waals surface area contributed by atoms with Crippen LogP contribution in [0.3, 0.4) is 0 Å². The van der Waals surface area contributed by atoms with Gasteiger partial charge in [0, 0.05) is 24.2 Å². The lowest BCUT2D eigenvalue weighted by Crippen LogP contribution is -2.57. The van der Waals surface area contributed by atoms with Crippen molar-refractivity contribution in [2.45, 2.75) is 70.3 Å². The van der Waals surface area contributed by atoms with Gasteiger partial charge in [-0.1, -0.05) is 12.1 Å². The smallest absolute Gasteiger partial charge is 0.411 e. The number of fused-ring (bicyclic) bond motifs is 2. The van der Waals surface area contributed by atoms with E-state index in [0.29, 0.717) is 11.1 Å². The molecule has 1 aliphatic carbocycles. The number of carbonyl (C=O) groups is 2. The van der Waals surface area contributed by atoms with E-state index in [-0.39, 0.29) is 24.3 Å². The number of amides is 2. The minimum absolute atomic E-state index is 0.00901. The van der Waals surface area contributed by atoms with Crippen LogP contribution in [0.2, 0.25) is 0 Å². The van der Waals surface area contributed by atoms with Crippen LogP contribution in [-0.4, -0.2) is 50.9 Å². The van der Waals surface area contributed by atoms with Gasteiger partial charge in [-0.05, 0) is 63.1 Å². The minimum atomic E-state index is -0.781. The summed E-state index contributed by atoms with van der Waals surface area (Å²) in [4.78, 5) is 27.4. The fourth-order valence-corrected chi connectivity index (χ4v) is 4.76. The zero-order chi connectivity index (χ0) is 23.0. The highest BCUT2D eigenvalue weighted by molar-refractivity contribution is 5.87. The summed E-state index contributed by atoms with van der Waals surface area (Å²) in [5, 5.41) is 9.35. The molecule has 2 aliphatic rings. The molecule has 4 N–H and O–H groups in total. The van der Waals surface area contributed by atoms with Crippen LogP contribution in [0.4, 0.5) is 9.18 Å². The first kappa shape index (κ1) is 22.3. The van der Waals surface area contributed by atoms with Gasteiger partial charge >= 0.3 is 6.09 Å². The molecule has 2 amide bonds. The fourth-order valence-electron chi connectivity index (χ4n) is 4.76. The first-order valence-electron chi connectivity index (χ1n) is 11.0. The molecule has 8 nitrogen and oxygen atoms in total. The Labute approximate surface area is 186 Å². The lowest BCUT2D eigenvalue weighted by molar-refractivity contribution is -0.128. The third kappa shape index (κ3) is 4.62. The van der Waals surface area contributed by atoms with Gasteiger partial charge in [0.15, 0.2) is 0 Å². The van der Waals surface area contributed by atoms with Crippen molar-refractivity contribution in [3.8, 4) is 11.1 Å².